The average Bonchev–Trinajstić information content (AvgIpc) is 2.77. The van der Waals surface area contributed by atoms with Gasteiger partial charge < -0.3 is 4.74 Å². The largest absolute Gasteiger partial charge is 0.496 e. The number of thiophene rings is 1. The molecule has 0 radical (unpaired) electrons. The van der Waals surface area contributed by atoms with Crippen molar-refractivity contribution in [2.45, 2.75) is 36.9 Å². The van der Waals surface area contributed by atoms with Crippen molar-refractivity contribution in [1.29, 1.82) is 0 Å². The van der Waals surface area contributed by atoms with Crippen LogP contribution < -0.4 is 4.74 Å². The number of ether oxygens (including phenoxy) is 1. The van der Waals surface area contributed by atoms with Crippen LogP contribution in [0.1, 0.15) is 45.0 Å². The molecule has 1 nitrogen and oxygen atoms in total. The van der Waals surface area contributed by atoms with Crippen molar-refractivity contribution in [3.8, 4) is 5.75 Å². The zero-order chi connectivity index (χ0) is 14.8. The smallest absolute Gasteiger partial charge is 0.123 e. The molecule has 0 saturated carbocycles. The molecule has 3 rings (SSSR count). The van der Waals surface area contributed by atoms with E-state index in [2.05, 4.69) is 22.0 Å². The SMILES string of the molecule is COc1ccc(Cl)cc1C(Br)c1cc2c(s1)CCCCC2. The lowest BCUT2D eigenvalue weighted by atomic mass is 10.1. The van der Waals surface area contributed by atoms with Gasteiger partial charge in [-0.25, -0.2) is 0 Å². The summed E-state index contributed by atoms with van der Waals surface area (Å²) < 4.78 is 5.48. The molecule has 0 bridgehead atoms. The van der Waals surface area contributed by atoms with Gasteiger partial charge in [0, 0.05) is 20.3 Å². The third-order valence-corrected chi connectivity index (χ3v) is 6.81. The van der Waals surface area contributed by atoms with Gasteiger partial charge in [0.2, 0.25) is 0 Å². The third-order valence-electron chi connectivity index (χ3n) is 3.98. The van der Waals surface area contributed by atoms with Crippen LogP contribution in [0, 0.1) is 0 Å². The van der Waals surface area contributed by atoms with Crippen molar-refractivity contribution in [2.24, 2.45) is 0 Å². The van der Waals surface area contributed by atoms with Crippen molar-refractivity contribution in [2.75, 3.05) is 7.11 Å². The maximum Gasteiger partial charge on any atom is 0.123 e. The van der Waals surface area contributed by atoms with Crippen molar-refractivity contribution in [3.63, 3.8) is 0 Å². The van der Waals surface area contributed by atoms with E-state index >= 15 is 0 Å². The Morgan fingerprint density at radius 3 is 2.81 bits per heavy atom. The van der Waals surface area contributed by atoms with Crippen LogP contribution in [0.25, 0.3) is 0 Å². The lowest BCUT2D eigenvalue weighted by molar-refractivity contribution is 0.410. The summed E-state index contributed by atoms with van der Waals surface area (Å²) in [5.74, 6) is 0.880. The number of benzene rings is 1. The van der Waals surface area contributed by atoms with E-state index in [1.54, 1.807) is 12.0 Å². The second-order valence-corrected chi connectivity index (χ2v) is 7.93. The first-order chi connectivity index (χ1) is 10.2. The fraction of sp³-hybridized carbons (Fsp3) is 0.412. The quantitative estimate of drug-likeness (QED) is 0.454. The van der Waals surface area contributed by atoms with E-state index < -0.39 is 0 Å². The van der Waals surface area contributed by atoms with E-state index in [0.29, 0.717) is 0 Å². The average molecular weight is 386 g/mol. The normalized spacial score (nSPS) is 16.1. The molecule has 112 valence electrons. The monoisotopic (exact) mass is 384 g/mol. The Kier molecular flexibility index (Phi) is 4.92. The van der Waals surface area contributed by atoms with Crippen molar-refractivity contribution in [1.82, 2.24) is 0 Å². The number of halogens is 2. The molecule has 0 N–H and O–H groups in total. The second kappa shape index (κ2) is 6.72. The first-order valence-electron chi connectivity index (χ1n) is 7.28. The Morgan fingerprint density at radius 1 is 1.19 bits per heavy atom. The highest BCUT2D eigenvalue weighted by atomic mass is 79.9. The molecular weight excluding hydrogens is 368 g/mol. The number of hydrogen-bond acceptors (Lipinski definition) is 2. The van der Waals surface area contributed by atoms with Gasteiger partial charge >= 0.3 is 0 Å². The van der Waals surface area contributed by atoms with E-state index in [4.69, 9.17) is 16.3 Å². The van der Waals surface area contributed by atoms with Crippen LogP contribution in [-0.4, -0.2) is 7.11 Å². The fourth-order valence-corrected chi connectivity index (χ4v) is 5.08. The Morgan fingerprint density at radius 2 is 2.00 bits per heavy atom. The molecule has 0 amide bonds. The molecule has 1 aliphatic carbocycles. The van der Waals surface area contributed by atoms with Gasteiger partial charge in [-0.3, -0.25) is 0 Å². The molecule has 1 aromatic heterocycles. The first-order valence-corrected chi connectivity index (χ1v) is 9.39. The van der Waals surface area contributed by atoms with Crippen LogP contribution in [0.4, 0.5) is 0 Å². The van der Waals surface area contributed by atoms with E-state index in [9.17, 15) is 0 Å². The lowest BCUT2D eigenvalue weighted by Gasteiger charge is -2.13. The molecular formula is C17H18BrClOS. The maximum atomic E-state index is 6.15. The summed E-state index contributed by atoms with van der Waals surface area (Å²) in [6.07, 6.45) is 6.44. The number of fused-ring (bicyclic) bond motifs is 1. The zero-order valence-corrected chi connectivity index (χ0v) is 15.2. The van der Waals surface area contributed by atoms with Crippen LogP contribution in [0.2, 0.25) is 5.02 Å². The number of hydrogen-bond donors (Lipinski definition) is 0. The van der Waals surface area contributed by atoms with Gasteiger partial charge in [-0.2, -0.15) is 0 Å². The van der Waals surface area contributed by atoms with Crippen molar-refractivity contribution >= 4 is 38.9 Å². The molecule has 0 fully saturated rings. The number of aryl methyl sites for hydroxylation is 2. The van der Waals surface area contributed by atoms with E-state index in [1.807, 2.05) is 29.5 Å². The van der Waals surface area contributed by atoms with E-state index in [1.165, 1.54) is 42.5 Å². The van der Waals surface area contributed by atoms with Gasteiger partial charge in [-0.15, -0.1) is 11.3 Å². The van der Waals surface area contributed by atoms with Crippen molar-refractivity contribution < 1.29 is 4.74 Å². The summed E-state index contributed by atoms with van der Waals surface area (Å²) in [6.45, 7) is 0. The number of methoxy groups -OCH3 is 1. The van der Waals surface area contributed by atoms with E-state index in [0.717, 1.165) is 16.3 Å². The number of alkyl halides is 1. The summed E-state index contributed by atoms with van der Waals surface area (Å²) in [7, 11) is 1.70. The van der Waals surface area contributed by atoms with Gasteiger partial charge in [0.1, 0.15) is 5.75 Å². The van der Waals surface area contributed by atoms with Gasteiger partial charge in [0.05, 0.1) is 11.9 Å². The summed E-state index contributed by atoms with van der Waals surface area (Å²) >= 11 is 11.9. The van der Waals surface area contributed by atoms with Crippen LogP contribution in [0.3, 0.4) is 0 Å². The fourth-order valence-electron chi connectivity index (χ4n) is 2.87. The minimum atomic E-state index is 0.142. The van der Waals surface area contributed by atoms with Crippen LogP contribution in [-0.2, 0) is 12.8 Å². The predicted molar refractivity (Wildman–Crippen MR) is 94.4 cm³/mol. The molecule has 1 aromatic carbocycles. The minimum absolute atomic E-state index is 0.142. The summed E-state index contributed by atoms with van der Waals surface area (Å²) in [5.41, 5.74) is 2.64. The molecule has 0 saturated heterocycles. The van der Waals surface area contributed by atoms with Crippen molar-refractivity contribution in [3.05, 3.63) is 50.2 Å². The van der Waals surface area contributed by atoms with E-state index in [-0.39, 0.29) is 4.83 Å². The molecule has 0 aliphatic heterocycles. The highest BCUT2D eigenvalue weighted by molar-refractivity contribution is 9.09. The Hall–Kier alpha value is -0.510. The molecule has 2 aromatic rings. The Balaban J connectivity index is 1.95. The minimum Gasteiger partial charge on any atom is -0.496 e. The molecule has 1 unspecified atom stereocenters. The molecule has 4 heteroatoms. The molecule has 1 heterocycles. The van der Waals surface area contributed by atoms with Crippen LogP contribution >= 0.6 is 38.9 Å². The van der Waals surface area contributed by atoms with Gasteiger partial charge in [0.25, 0.3) is 0 Å². The highest BCUT2D eigenvalue weighted by Gasteiger charge is 2.21. The van der Waals surface area contributed by atoms with Crippen LogP contribution in [0.5, 0.6) is 5.75 Å². The summed E-state index contributed by atoms with van der Waals surface area (Å²) in [4.78, 5) is 3.05. The van der Waals surface area contributed by atoms with Gasteiger partial charge in [0.15, 0.2) is 0 Å². The molecule has 21 heavy (non-hydrogen) atoms. The molecule has 1 aliphatic rings. The number of rotatable bonds is 3. The lowest BCUT2D eigenvalue weighted by Crippen LogP contribution is -1.95. The van der Waals surface area contributed by atoms with Gasteiger partial charge in [-0.1, -0.05) is 34.0 Å². The molecule has 0 spiro atoms. The first kappa shape index (κ1) is 15.4. The summed E-state index contributed by atoms with van der Waals surface area (Å²) in [6, 6.07) is 8.16. The Bertz CT molecular complexity index is 614. The standard InChI is InChI=1S/C17H18BrClOS/c1-20-14-8-7-12(19)10-13(14)17(18)16-9-11-5-3-2-4-6-15(11)21-16/h7-10,17H,2-6H2,1H3. The maximum absolute atomic E-state index is 6.15. The summed E-state index contributed by atoms with van der Waals surface area (Å²) in [5, 5.41) is 0.744. The Labute approximate surface area is 143 Å². The molecule has 1 atom stereocenters. The zero-order valence-electron chi connectivity index (χ0n) is 12.0. The van der Waals surface area contributed by atoms with Crippen LogP contribution in [0.15, 0.2) is 24.3 Å². The van der Waals surface area contributed by atoms with Gasteiger partial charge in [-0.05, 0) is 55.5 Å². The second-order valence-electron chi connectivity index (χ2n) is 5.41. The predicted octanol–water partition coefficient (Wildman–Crippen LogP) is 6.16. The third kappa shape index (κ3) is 3.30. The highest BCUT2D eigenvalue weighted by Crippen LogP contribution is 2.42. The topological polar surface area (TPSA) is 9.23 Å².